The Kier molecular flexibility index (Phi) is 5.02. The summed E-state index contributed by atoms with van der Waals surface area (Å²) in [5.41, 5.74) is 2.54. The first-order valence-corrected chi connectivity index (χ1v) is 10.6. The van der Waals surface area contributed by atoms with Crippen LogP contribution in [0, 0.1) is 11.8 Å². The van der Waals surface area contributed by atoms with E-state index in [0.717, 1.165) is 29.7 Å². The zero-order chi connectivity index (χ0) is 21.4. The molecule has 3 aromatic rings. The number of Topliss-reactive ketones (excluding diaryl/α,β-unsaturated/α-hetero) is 1. The van der Waals surface area contributed by atoms with Gasteiger partial charge in [-0.25, -0.2) is 4.79 Å². The Morgan fingerprint density at radius 3 is 2.42 bits per heavy atom. The third kappa shape index (κ3) is 3.95. The maximum Gasteiger partial charge on any atom is 0.344 e. The summed E-state index contributed by atoms with van der Waals surface area (Å²) < 4.78 is 7.58. The number of nitrogens with zero attached hydrogens (tertiary/aromatic N) is 4. The van der Waals surface area contributed by atoms with Gasteiger partial charge in [-0.15, -0.1) is 0 Å². The average Bonchev–Trinajstić information content (AvgIpc) is 3.49. The summed E-state index contributed by atoms with van der Waals surface area (Å²) in [6.07, 6.45) is 7.18. The highest BCUT2D eigenvalue weighted by molar-refractivity contribution is 5.92. The quantitative estimate of drug-likeness (QED) is 0.603. The molecule has 1 saturated carbocycles. The fraction of sp³-hybridized carbons (Fsp3) is 0.333. The largest absolute Gasteiger partial charge is 0.490 e. The zero-order valence-electron chi connectivity index (χ0n) is 17.3. The Hall–Kier alpha value is -3.48. The fourth-order valence-electron chi connectivity index (χ4n) is 4.75. The second-order valence-corrected chi connectivity index (χ2v) is 8.38. The van der Waals surface area contributed by atoms with Gasteiger partial charge in [0.2, 0.25) is 0 Å². The van der Waals surface area contributed by atoms with Gasteiger partial charge in [0.05, 0.1) is 6.10 Å². The van der Waals surface area contributed by atoms with Gasteiger partial charge >= 0.3 is 6.03 Å². The standard InChI is InChI=1S/C24H24N4O3/c1-16(29)23-7-10-28(26-23)24(30)27-14-19-12-22(13-20(19)15-27)31-21-4-2-3-18(11-21)17-5-8-25-9-6-17/h2-11,19-20,22H,12-15H2,1H3/t19-,20+,22?. The van der Waals surface area contributed by atoms with Gasteiger partial charge in [-0.2, -0.15) is 9.78 Å². The molecule has 2 aromatic heterocycles. The van der Waals surface area contributed by atoms with E-state index in [4.69, 9.17) is 4.74 Å². The van der Waals surface area contributed by atoms with Crippen LogP contribution in [0.15, 0.2) is 61.1 Å². The molecular weight excluding hydrogens is 392 g/mol. The van der Waals surface area contributed by atoms with Crippen LogP contribution in [0.5, 0.6) is 5.75 Å². The highest BCUT2D eigenvalue weighted by Crippen LogP contribution is 2.40. The van der Waals surface area contributed by atoms with Crippen molar-refractivity contribution in [2.45, 2.75) is 25.9 Å². The molecule has 3 atom stereocenters. The van der Waals surface area contributed by atoms with Gasteiger partial charge in [0.25, 0.3) is 0 Å². The first-order chi connectivity index (χ1) is 15.1. The van der Waals surface area contributed by atoms with Gasteiger partial charge < -0.3 is 9.64 Å². The van der Waals surface area contributed by atoms with E-state index in [1.807, 2.05) is 29.2 Å². The van der Waals surface area contributed by atoms with Crippen molar-refractivity contribution in [3.8, 4) is 16.9 Å². The lowest BCUT2D eigenvalue weighted by Crippen LogP contribution is -2.34. The number of fused-ring (bicyclic) bond motifs is 1. The second kappa shape index (κ2) is 7.98. The van der Waals surface area contributed by atoms with Crippen molar-refractivity contribution >= 4 is 11.8 Å². The molecule has 31 heavy (non-hydrogen) atoms. The lowest BCUT2D eigenvalue weighted by molar-refractivity contribution is 0.101. The molecule has 7 nitrogen and oxygen atoms in total. The van der Waals surface area contributed by atoms with E-state index in [9.17, 15) is 9.59 Å². The maximum absolute atomic E-state index is 12.7. The number of hydrogen-bond donors (Lipinski definition) is 0. The highest BCUT2D eigenvalue weighted by Gasteiger charge is 2.43. The van der Waals surface area contributed by atoms with Gasteiger partial charge in [0.1, 0.15) is 11.4 Å². The number of ether oxygens (including phenoxy) is 1. The molecule has 3 heterocycles. The molecule has 0 bridgehead atoms. The van der Waals surface area contributed by atoms with E-state index in [2.05, 4.69) is 22.2 Å². The van der Waals surface area contributed by atoms with E-state index in [1.165, 1.54) is 11.6 Å². The summed E-state index contributed by atoms with van der Waals surface area (Å²) in [7, 11) is 0. The average molecular weight is 416 g/mol. The van der Waals surface area contributed by atoms with Crippen LogP contribution in [0.3, 0.4) is 0 Å². The molecule has 1 aromatic carbocycles. The van der Waals surface area contributed by atoms with Crippen LogP contribution in [0.25, 0.3) is 11.1 Å². The summed E-state index contributed by atoms with van der Waals surface area (Å²) in [5, 5.41) is 4.10. The van der Waals surface area contributed by atoms with Crippen molar-refractivity contribution in [1.29, 1.82) is 0 Å². The Morgan fingerprint density at radius 2 is 1.74 bits per heavy atom. The van der Waals surface area contributed by atoms with Gasteiger partial charge in [-0.05, 0) is 66.1 Å². The van der Waals surface area contributed by atoms with Crippen LogP contribution in [-0.2, 0) is 0 Å². The van der Waals surface area contributed by atoms with Gasteiger partial charge in [-0.1, -0.05) is 12.1 Å². The Labute approximate surface area is 180 Å². The number of benzene rings is 1. The molecule has 2 aliphatic rings. The number of carbonyl (C=O) groups excluding carboxylic acids is 2. The van der Waals surface area contributed by atoms with E-state index in [-0.39, 0.29) is 17.9 Å². The smallest absolute Gasteiger partial charge is 0.344 e. The summed E-state index contributed by atoms with van der Waals surface area (Å²) in [6.45, 7) is 2.86. The molecular formula is C24H24N4O3. The predicted molar refractivity (Wildman–Crippen MR) is 115 cm³/mol. The van der Waals surface area contributed by atoms with Gasteiger partial charge in [0, 0.05) is 38.6 Å². The van der Waals surface area contributed by atoms with Crippen molar-refractivity contribution in [2.24, 2.45) is 11.8 Å². The molecule has 1 aliphatic heterocycles. The first kappa shape index (κ1) is 19.5. The van der Waals surface area contributed by atoms with Crippen molar-refractivity contribution in [3.63, 3.8) is 0 Å². The maximum atomic E-state index is 12.7. The van der Waals surface area contributed by atoms with Crippen molar-refractivity contribution < 1.29 is 14.3 Å². The van der Waals surface area contributed by atoms with Crippen molar-refractivity contribution in [3.05, 3.63) is 66.7 Å². The Balaban J connectivity index is 1.20. The molecule has 7 heteroatoms. The lowest BCUT2D eigenvalue weighted by Gasteiger charge is -2.20. The molecule has 2 fully saturated rings. The van der Waals surface area contributed by atoms with Gasteiger partial charge in [-0.3, -0.25) is 9.78 Å². The summed E-state index contributed by atoms with van der Waals surface area (Å²) in [6, 6.07) is 13.6. The number of pyridine rings is 1. The number of carbonyl (C=O) groups is 2. The van der Waals surface area contributed by atoms with E-state index >= 15 is 0 Å². The fourth-order valence-corrected chi connectivity index (χ4v) is 4.75. The van der Waals surface area contributed by atoms with Crippen LogP contribution < -0.4 is 4.74 Å². The third-order valence-corrected chi connectivity index (χ3v) is 6.27. The molecule has 0 radical (unpaired) electrons. The summed E-state index contributed by atoms with van der Waals surface area (Å²) in [4.78, 5) is 30.1. The second-order valence-electron chi connectivity index (χ2n) is 8.38. The third-order valence-electron chi connectivity index (χ3n) is 6.27. The van der Waals surface area contributed by atoms with Crippen LogP contribution in [0.1, 0.15) is 30.3 Å². The van der Waals surface area contributed by atoms with E-state index in [0.29, 0.717) is 30.6 Å². The molecule has 5 rings (SSSR count). The van der Waals surface area contributed by atoms with Crippen LogP contribution in [0.4, 0.5) is 4.79 Å². The van der Waals surface area contributed by atoms with E-state index < -0.39 is 0 Å². The molecule has 158 valence electrons. The number of ketones is 1. The SMILES string of the molecule is CC(=O)c1ccn(C(=O)N2C[C@H]3CC(Oc4cccc(-c5ccncc5)c4)C[C@H]3C2)n1. The van der Waals surface area contributed by atoms with Crippen LogP contribution in [0.2, 0.25) is 0 Å². The van der Waals surface area contributed by atoms with Crippen LogP contribution >= 0.6 is 0 Å². The Bertz CT molecular complexity index is 1100. The number of rotatable bonds is 4. The predicted octanol–water partition coefficient (Wildman–Crippen LogP) is 3.91. The number of hydrogen-bond acceptors (Lipinski definition) is 5. The molecule has 1 unspecified atom stereocenters. The minimum Gasteiger partial charge on any atom is -0.490 e. The van der Waals surface area contributed by atoms with Crippen molar-refractivity contribution in [1.82, 2.24) is 19.7 Å². The number of aromatic nitrogens is 3. The minimum absolute atomic E-state index is 0.141. The van der Waals surface area contributed by atoms with Crippen molar-refractivity contribution in [2.75, 3.05) is 13.1 Å². The zero-order valence-corrected chi connectivity index (χ0v) is 17.3. The van der Waals surface area contributed by atoms with Gasteiger partial charge in [0.15, 0.2) is 5.78 Å². The minimum atomic E-state index is -0.163. The number of likely N-dealkylation sites (tertiary alicyclic amines) is 1. The van der Waals surface area contributed by atoms with E-state index in [1.54, 1.807) is 24.7 Å². The summed E-state index contributed by atoms with van der Waals surface area (Å²) >= 11 is 0. The van der Waals surface area contributed by atoms with Crippen LogP contribution in [-0.4, -0.2) is 50.7 Å². The highest BCUT2D eigenvalue weighted by atomic mass is 16.5. The lowest BCUT2D eigenvalue weighted by atomic mass is 10.0. The topological polar surface area (TPSA) is 77.3 Å². The number of amides is 1. The first-order valence-electron chi connectivity index (χ1n) is 10.6. The monoisotopic (exact) mass is 416 g/mol. The molecule has 0 spiro atoms. The normalized spacial score (nSPS) is 22.4. The molecule has 1 amide bonds. The summed E-state index contributed by atoms with van der Waals surface area (Å²) in [5.74, 6) is 1.60. The molecule has 1 aliphatic carbocycles. The Morgan fingerprint density at radius 1 is 1.00 bits per heavy atom. The molecule has 0 N–H and O–H groups in total. The molecule has 1 saturated heterocycles.